The Labute approximate surface area is 199 Å². The van der Waals surface area contributed by atoms with Crippen LogP contribution in [0.1, 0.15) is 21.6 Å². The van der Waals surface area contributed by atoms with Crippen molar-refractivity contribution in [3.63, 3.8) is 0 Å². The van der Waals surface area contributed by atoms with Gasteiger partial charge in [-0.05, 0) is 66.4 Å². The van der Waals surface area contributed by atoms with Crippen molar-refractivity contribution in [2.24, 2.45) is 0 Å². The SMILES string of the molecule is Cc1cccc(NC(=O)c2cc(-c3ccc(-c4ccccc4)cc3)n(-c3cccc(C)c3)n2)c1. The number of hydrogen-bond donors (Lipinski definition) is 1. The smallest absolute Gasteiger partial charge is 0.276 e. The Bertz CT molecular complexity index is 1450. The molecule has 0 aliphatic heterocycles. The van der Waals surface area contributed by atoms with Crippen LogP contribution in [0.4, 0.5) is 5.69 Å². The highest BCUT2D eigenvalue weighted by molar-refractivity contribution is 6.03. The Morgan fingerprint density at radius 3 is 2.03 bits per heavy atom. The van der Waals surface area contributed by atoms with Crippen LogP contribution < -0.4 is 5.32 Å². The maximum atomic E-state index is 13.1. The Morgan fingerprint density at radius 2 is 1.32 bits per heavy atom. The van der Waals surface area contributed by atoms with Gasteiger partial charge in [0.05, 0.1) is 11.4 Å². The Balaban J connectivity index is 1.54. The third-order valence-electron chi connectivity index (χ3n) is 5.75. The molecule has 5 aromatic rings. The lowest BCUT2D eigenvalue weighted by Gasteiger charge is -2.09. The van der Waals surface area contributed by atoms with E-state index in [0.717, 1.165) is 39.3 Å². The molecule has 5 rings (SSSR count). The molecule has 0 aliphatic carbocycles. The topological polar surface area (TPSA) is 46.9 Å². The highest BCUT2D eigenvalue weighted by Gasteiger charge is 2.17. The van der Waals surface area contributed by atoms with Crippen molar-refractivity contribution in [2.75, 3.05) is 5.32 Å². The minimum Gasteiger partial charge on any atom is -0.321 e. The van der Waals surface area contributed by atoms with Gasteiger partial charge in [0.2, 0.25) is 0 Å². The first kappa shape index (κ1) is 21.4. The number of nitrogens with zero attached hydrogens (tertiary/aromatic N) is 2. The summed E-state index contributed by atoms with van der Waals surface area (Å²) in [6.45, 7) is 4.05. The zero-order valence-corrected chi connectivity index (χ0v) is 19.2. The van der Waals surface area contributed by atoms with Crippen molar-refractivity contribution in [2.45, 2.75) is 13.8 Å². The fourth-order valence-corrected chi connectivity index (χ4v) is 4.04. The van der Waals surface area contributed by atoms with E-state index in [4.69, 9.17) is 5.10 Å². The molecule has 0 atom stereocenters. The van der Waals surface area contributed by atoms with Gasteiger partial charge in [-0.2, -0.15) is 5.10 Å². The number of anilines is 1. The maximum Gasteiger partial charge on any atom is 0.276 e. The fraction of sp³-hybridized carbons (Fsp3) is 0.0667. The molecule has 0 saturated heterocycles. The van der Waals surface area contributed by atoms with Crippen LogP contribution in [0, 0.1) is 13.8 Å². The van der Waals surface area contributed by atoms with E-state index in [9.17, 15) is 4.79 Å². The van der Waals surface area contributed by atoms with Gasteiger partial charge in [0.15, 0.2) is 5.69 Å². The predicted molar refractivity (Wildman–Crippen MR) is 138 cm³/mol. The molecule has 1 aromatic heterocycles. The number of carbonyl (C=O) groups is 1. The Morgan fingerprint density at radius 1 is 0.676 bits per heavy atom. The number of aromatic nitrogens is 2. The van der Waals surface area contributed by atoms with E-state index in [0.29, 0.717) is 5.69 Å². The molecule has 1 amide bonds. The molecule has 0 radical (unpaired) electrons. The highest BCUT2D eigenvalue weighted by atomic mass is 16.1. The van der Waals surface area contributed by atoms with E-state index in [2.05, 4.69) is 47.8 Å². The fourth-order valence-electron chi connectivity index (χ4n) is 4.04. The highest BCUT2D eigenvalue weighted by Crippen LogP contribution is 2.28. The van der Waals surface area contributed by atoms with Crippen molar-refractivity contribution in [3.05, 3.63) is 126 Å². The lowest BCUT2D eigenvalue weighted by Crippen LogP contribution is -2.13. The molecule has 0 fully saturated rings. The molecule has 0 unspecified atom stereocenters. The first-order valence-electron chi connectivity index (χ1n) is 11.3. The lowest BCUT2D eigenvalue weighted by atomic mass is 10.0. The summed E-state index contributed by atoms with van der Waals surface area (Å²) in [4.78, 5) is 13.1. The molecule has 0 bridgehead atoms. The van der Waals surface area contributed by atoms with E-state index in [1.165, 1.54) is 5.56 Å². The van der Waals surface area contributed by atoms with Crippen molar-refractivity contribution >= 4 is 11.6 Å². The third kappa shape index (κ3) is 4.52. The molecule has 1 heterocycles. The van der Waals surface area contributed by atoms with Crippen molar-refractivity contribution in [3.8, 4) is 28.1 Å². The van der Waals surface area contributed by atoms with Crippen molar-refractivity contribution in [1.29, 1.82) is 0 Å². The number of amides is 1. The van der Waals surface area contributed by atoms with Gasteiger partial charge < -0.3 is 5.32 Å². The van der Waals surface area contributed by atoms with Crippen LogP contribution in [-0.2, 0) is 0 Å². The molecule has 0 saturated carbocycles. The van der Waals surface area contributed by atoms with Gasteiger partial charge in [-0.1, -0.05) is 78.9 Å². The number of benzene rings is 4. The molecule has 34 heavy (non-hydrogen) atoms. The van der Waals surface area contributed by atoms with E-state index < -0.39 is 0 Å². The van der Waals surface area contributed by atoms with Crippen LogP contribution in [0.15, 0.2) is 109 Å². The summed E-state index contributed by atoms with van der Waals surface area (Å²) in [5, 5.41) is 7.67. The molecule has 0 aliphatic rings. The maximum absolute atomic E-state index is 13.1. The first-order valence-corrected chi connectivity index (χ1v) is 11.3. The number of nitrogens with one attached hydrogen (secondary N) is 1. The van der Waals surface area contributed by atoms with Crippen LogP contribution in [0.5, 0.6) is 0 Å². The molecule has 4 aromatic carbocycles. The van der Waals surface area contributed by atoms with Crippen molar-refractivity contribution < 1.29 is 4.79 Å². The summed E-state index contributed by atoms with van der Waals surface area (Å²) < 4.78 is 1.84. The minimum atomic E-state index is -0.237. The molecule has 0 spiro atoms. The van der Waals surface area contributed by atoms with Crippen LogP contribution in [0.2, 0.25) is 0 Å². The Hall–Kier alpha value is -4.44. The monoisotopic (exact) mass is 443 g/mol. The van der Waals surface area contributed by atoms with E-state index in [-0.39, 0.29) is 5.91 Å². The van der Waals surface area contributed by atoms with Crippen molar-refractivity contribution in [1.82, 2.24) is 9.78 Å². The lowest BCUT2D eigenvalue weighted by molar-refractivity contribution is 0.102. The van der Waals surface area contributed by atoms with Gasteiger partial charge in [-0.25, -0.2) is 4.68 Å². The summed E-state index contributed by atoms with van der Waals surface area (Å²) in [5.74, 6) is -0.237. The molecular weight excluding hydrogens is 418 g/mol. The summed E-state index contributed by atoms with van der Waals surface area (Å²) in [7, 11) is 0. The second-order valence-corrected chi connectivity index (χ2v) is 8.43. The number of rotatable bonds is 5. The second kappa shape index (κ2) is 9.20. The molecular formula is C30H25N3O. The number of aryl methyl sites for hydroxylation is 2. The summed E-state index contributed by atoms with van der Waals surface area (Å²) >= 11 is 0. The first-order chi connectivity index (χ1) is 16.6. The number of hydrogen-bond acceptors (Lipinski definition) is 2. The summed E-state index contributed by atoms with van der Waals surface area (Å²) in [6.07, 6.45) is 0. The zero-order valence-electron chi connectivity index (χ0n) is 19.2. The normalized spacial score (nSPS) is 10.8. The molecule has 1 N–H and O–H groups in total. The average Bonchev–Trinajstić information content (AvgIpc) is 3.31. The minimum absolute atomic E-state index is 0.237. The van der Waals surface area contributed by atoms with Crippen LogP contribution in [-0.4, -0.2) is 15.7 Å². The van der Waals surface area contributed by atoms with Gasteiger partial charge in [-0.3, -0.25) is 4.79 Å². The molecule has 4 nitrogen and oxygen atoms in total. The van der Waals surface area contributed by atoms with E-state index >= 15 is 0 Å². The molecule has 166 valence electrons. The van der Waals surface area contributed by atoms with Crippen LogP contribution in [0.3, 0.4) is 0 Å². The summed E-state index contributed by atoms with van der Waals surface area (Å²) in [5.41, 5.74) is 8.41. The van der Waals surface area contributed by atoms with E-state index in [1.54, 1.807) is 0 Å². The zero-order chi connectivity index (χ0) is 23.5. The largest absolute Gasteiger partial charge is 0.321 e. The van der Waals surface area contributed by atoms with Crippen LogP contribution >= 0.6 is 0 Å². The van der Waals surface area contributed by atoms with Gasteiger partial charge >= 0.3 is 0 Å². The Kier molecular flexibility index (Phi) is 5.79. The predicted octanol–water partition coefficient (Wildman–Crippen LogP) is 7.08. The van der Waals surface area contributed by atoms with Gasteiger partial charge in [0.1, 0.15) is 0 Å². The standard InChI is InChI=1S/C30H25N3O/c1-21-8-6-12-26(18-21)31-30(34)28-20-29(33(32-28)27-13-7-9-22(2)19-27)25-16-14-24(15-17-25)23-10-4-3-5-11-23/h3-20H,1-2H3,(H,31,34). The quantitative estimate of drug-likeness (QED) is 0.316. The molecule has 4 heteroatoms. The van der Waals surface area contributed by atoms with Gasteiger partial charge in [0.25, 0.3) is 5.91 Å². The summed E-state index contributed by atoms with van der Waals surface area (Å²) in [6, 6.07) is 36.4. The van der Waals surface area contributed by atoms with E-state index in [1.807, 2.05) is 85.3 Å². The third-order valence-corrected chi connectivity index (χ3v) is 5.75. The second-order valence-electron chi connectivity index (χ2n) is 8.43. The van der Waals surface area contributed by atoms with Crippen LogP contribution in [0.25, 0.3) is 28.1 Å². The van der Waals surface area contributed by atoms with Gasteiger partial charge in [-0.15, -0.1) is 0 Å². The van der Waals surface area contributed by atoms with Gasteiger partial charge in [0, 0.05) is 11.3 Å². The average molecular weight is 444 g/mol. The number of carbonyl (C=O) groups excluding carboxylic acids is 1.